The Balaban J connectivity index is 1.82. The average molecular weight is 649 g/mol. The van der Waals surface area contributed by atoms with Crippen LogP contribution >= 0.6 is 0 Å². The molecule has 1 aliphatic rings. The Morgan fingerprint density at radius 3 is 0.958 bits per heavy atom. The number of para-hydroxylation sites is 2. The number of aldehydes is 2. The van der Waals surface area contributed by atoms with Gasteiger partial charge >= 0.3 is 0 Å². The minimum atomic E-state index is 0.430. The molecule has 0 spiro atoms. The molecule has 1 aliphatic carbocycles. The summed E-state index contributed by atoms with van der Waals surface area (Å²) >= 11 is 0. The average Bonchev–Trinajstić information content (AvgIpc) is 3.09. The highest BCUT2D eigenvalue weighted by Crippen LogP contribution is 2.39. The smallest absolute Gasteiger partial charge is 0.150 e. The third kappa shape index (κ3) is 8.10. The molecule has 6 nitrogen and oxygen atoms in total. The van der Waals surface area contributed by atoms with Crippen LogP contribution in [0.15, 0.2) is 60.7 Å². The van der Waals surface area contributed by atoms with Crippen molar-refractivity contribution < 1.29 is 28.5 Å². The van der Waals surface area contributed by atoms with Gasteiger partial charge in [-0.2, -0.15) is 0 Å². The summed E-state index contributed by atoms with van der Waals surface area (Å²) in [5, 5.41) is 0. The predicted molar refractivity (Wildman–Crippen MR) is 191 cm³/mol. The molecule has 0 aromatic heterocycles. The Morgan fingerprint density at radius 1 is 0.438 bits per heavy atom. The van der Waals surface area contributed by atoms with Crippen molar-refractivity contribution in [2.75, 3.05) is 26.4 Å². The van der Waals surface area contributed by atoms with Crippen molar-refractivity contribution in [1.29, 1.82) is 0 Å². The van der Waals surface area contributed by atoms with Crippen molar-refractivity contribution >= 4 is 12.6 Å². The molecule has 0 amide bonds. The van der Waals surface area contributed by atoms with Crippen LogP contribution in [0.25, 0.3) is 0 Å². The van der Waals surface area contributed by atoms with Crippen LogP contribution in [0.5, 0.6) is 23.0 Å². The first-order valence-corrected chi connectivity index (χ1v) is 17.5. The van der Waals surface area contributed by atoms with E-state index in [1.54, 1.807) is 0 Å². The van der Waals surface area contributed by atoms with Gasteiger partial charge in [0.05, 0.1) is 26.4 Å². The molecule has 0 saturated carbocycles. The van der Waals surface area contributed by atoms with E-state index in [4.69, 9.17) is 18.9 Å². The Bertz CT molecular complexity index is 1600. The molecule has 6 heteroatoms. The molecule has 0 unspecified atom stereocenters. The van der Waals surface area contributed by atoms with Crippen molar-refractivity contribution in [2.45, 2.75) is 79.1 Å². The maximum Gasteiger partial charge on any atom is 0.150 e. The summed E-state index contributed by atoms with van der Waals surface area (Å²) in [6.45, 7) is 10.7. The zero-order valence-corrected chi connectivity index (χ0v) is 28.9. The molecule has 0 N–H and O–H groups in total. The molecule has 0 atom stereocenters. The normalized spacial score (nSPS) is 12.2. The number of ether oxygens (including phenoxy) is 4. The first kappa shape index (κ1) is 34.7. The number of carbonyl (C=O) groups is 2. The highest BCUT2D eigenvalue weighted by molar-refractivity contribution is 5.78. The summed E-state index contributed by atoms with van der Waals surface area (Å²) < 4.78 is 26.1. The minimum Gasteiger partial charge on any atom is -0.493 e. The topological polar surface area (TPSA) is 71.1 Å². The SMILES string of the molecule is CCCOc1c2cccc1Cc1cc(C=O)cc(c1OCCC)Cc1cc(C=O)cc(c1OCCC)Cc1cccc(c1OCCC)C2. The largest absolute Gasteiger partial charge is 0.493 e. The lowest BCUT2D eigenvalue weighted by atomic mass is 9.89. The van der Waals surface area contributed by atoms with Crippen molar-refractivity contribution in [2.24, 2.45) is 0 Å². The zero-order chi connectivity index (χ0) is 33.9. The molecular weight excluding hydrogens is 600 g/mol. The summed E-state index contributed by atoms with van der Waals surface area (Å²) in [5.74, 6) is 3.27. The molecule has 0 radical (unpaired) electrons. The van der Waals surface area contributed by atoms with Gasteiger partial charge in [0.15, 0.2) is 0 Å². The van der Waals surface area contributed by atoms with Gasteiger partial charge in [-0.1, -0.05) is 64.1 Å². The fraction of sp³-hybridized carbons (Fsp3) is 0.381. The summed E-state index contributed by atoms with van der Waals surface area (Å²) in [7, 11) is 0. The van der Waals surface area contributed by atoms with Crippen LogP contribution in [0.2, 0.25) is 0 Å². The third-order valence-electron chi connectivity index (χ3n) is 8.48. The van der Waals surface area contributed by atoms with E-state index in [0.29, 0.717) is 63.2 Å². The first-order chi connectivity index (χ1) is 23.5. The van der Waals surface area contributed by atoms with E-state index >= 15 is 0 Å². The van der Waals surface area contributed by atoms with Gasteiger partial charge in [-0.15, -0.1) is 0 Å². The van der Waals surface area contributed by atoms with Crippen molar-refractivity contribution in [3.63, 3.8) is 0 Å². The third-order valence-corrected chi connectivity index (χ3v) is 8.48. The van der Waals surface area contributed by atoms with Crippen LogP contribution in [0.3, 0.4) is 0 Å². The Morgan fingerprint density at radius 2 is 0.688 bits per heavy atom. The fourth-order valence-corrected chi connectivity index (χ4v) is 6.44. The standard InChI is InChI=1S/C42H48O6/c1-5-15-45-39-31-11-9-13-33(39)24-35-19-29(27-43)21-37(41(35)47-17-7-3)26-38-22-30(28-44)20-36(42(38)48-18-8-4)25-34-14-10-12-32(23-31)40(34)46-16-6-2/h9-14,19-22,27-28H,5-8,15-18,23-26H2,1-4H3. The second-order valence-corrected chi connectivity index (χ2v) is 12.5. The number of fused-ring (bicyclic) bond motifs is 8. The van der Waals surface area contributed by atoms with E-state index in [1.165, 1.54) is 0 Å². The monoisotopic (exact) mass is 648 g/mol. The van der Waals surface area contributed by atoms with Gasteiger partial charge in [-0.3, -0.25) is 9.59 Å². The summed E-state index contributed by atoms with van der Waals surface area (Å²) in [4.78, 5) is 24.7. The van der Waals surface area contributed by atoms with Crippen molar-refractivity contribution in [1.82, 2.24) is 0 Å². The molecule has 48 heavy (non-hydrogen) atoms. The van der Waals surface area contributed by atoms with E-state index in [0.717, 1.165) is 106 Å². The molecule has 8 bridgehead atoms. The number of benzene rings is 4. The molecule has 4 aromatic rings. The van der Waals surface area contributed by atoms with Gasteiger partial charge in [0.1, 0.15) is 35.6 Å². The fourth-order valence-electron chi connectivity index (χ4n) is 6.44. The van der Waals surface area contributed by atoms with Crippen LogP contribution in [0, 0.1) is 0 Å². The van der Waals surface area contributed by atoms with E-state index < -0.39 is 0 Å². The number of rotatable bonds is 14. The van der Waals surface area contributed by atoms with E-state index in [2.05, 4.69) is 64.1 Å². The predicted octanol–water partition coefficient (Wildman–Crippen LogP) is 9.14. The maximum atomic E-state index is 12.4. The van der Waals surface area contributed by atoms with E-state index in [9.17, 15) is 9.59 Å². The molecule has 0 saturated heterocycles. The summed E-state index contributed by atoms with van der Waals surface area (Å²) in [6, 6.07) is 20.3. The van der Waals surface area contributed by atoms with Gasteiger partial charge in [0.2, 0.25) is 0 Å². The molecular formula is C42H48O6. The van der Waals surface area contributed by atoms with Crippen molar-refractivity contribution in [3.8, 4) is 23.0 Å². The van der Waals surface area contributed by atoms with Crippen LogP contribution in [-0.2, 0) is 25.7 Å². The van der Waals surface area contributed by atoms with Gasteiger partial charge in [0.25, 0.3) is 0 Å². The molecule has 5 rings (SSSR count). The highest BCUT2D eigenvalue weighted by Gasteiger charge is 2.23. The molecule has 4 aromatic carbocycles. The Labute approximate surface area is 285 Å². The van der Waals surface area contributed by atoms with Gasteiger partial charge < -0.3 is 18.9 Å². The number of hydrogen-bond acceptors (Lipinski definition) is 6. The van der Waals surface area contributed by atoms with Crippen LogP contribution in [0.4, 0.5) is 0 Å². The van der Waals surface area contributed by atoms with Gasteiger partial charge in [-0.05, 0) is 94.5 Å². The van der Waals surface area contributed by atoms with Crippen LogP contribution in [-0.4, -0.2) is 39.0 Å². The van der Waals surface area contributed by atoms with E-state index in [-0.39, 0.29) is 0 Å². The molecule has 0 aliphatic heterocycles. The second kappa shape index (κ2) is 17.0. The Kier molecular flexibility index (Phi) is 12.3. The maximum absolute atomic E-state index is 12.4. The summed E-state index contributed by atoms with van der Waals surface area (Å²) in [5.41, 5.74) is 8.98. The van der Waals surface area contributed by atoms with E-state index in [1.807, 2.05) is 24.3 Å². The minimum absolute atomic E-state index is 0.430. The van der Waals surface area contributed by atoms with Gasteiger partial charge in [-0.25, -0.2) is 0 Å². The molecule has 0 heterocycles. The zero-order valence-electron chi connectivity index (χ0n) is 28.9. The van der Waals surface area contributed by atoms with Gasteiger partial charge in [0, 0.05) is 36.8 Å². The van der Waals surface area contributed by atoms with Crippen LogP contribution in [0.1, 0.15) is 119 Å². The molecule has 0 fully saturated rings. The summed E-state index contributed by atoms with van der Waals surface area (Å²) in [6.07, 6.45) is 7.33. The Hall–Kier alpha value is -4.58. The number of carbonyl (C=O) groups excluding carboxylic acids is 2. The quantitative estimate of drug-likeness (QED) is 0.112. The second-order valence-electron chi connectivity index (χ2n) is 12.5. The first-order valence-electron chi connectivity index (χ1n) is 17.5. The van der Waals surface area contributed by atoms with Crippen molar-refractivity contribution in [3.05, 3.63) is 116 Å². The lowest BCUT2D eigenvalue weighted by Gasteiger charge is -2.23. The lowest BCUT2D eigenvalue weighted by Crippen LogP contribution is -2.11. The van der Waals surface area contributed by atoms with Crippen LogP contribution < -0.4 is 18.9 Å². The highest BCUT2D eigenvalue weighted by atomic mass is 16.5. The number of hydrogen-bond donors (Lipinski definition) is 0. The molecule has 252 valence electrons. The lowest BCUT2D eigenvalue weighted by molar-refractivity contribution is 0.111.